The van der Waals surface area contributed by atoms with E-state index < -0.39 is 0 Å². The number of nitrogens with one attached hydrogen (secondary N) is 1. The summed E-state index contributed by atoms with van der Waals surface area (Å²) in [6.45, 7) is 6.14. The molecule has 0 saturated heterocycles. The highest BCUT2D eigenvalue weighted by Gasteiger charge is 2.16. The van der Waals surface area contributed by atoms with Crippen molar-refractivity contribution in [3.8, 4) is 5.69 Å². The van der Waals surface area contributed by atoms with Crippen molar-refractivity contribution in [3.05, 3.63) is 71.0 Å². The van der Waals surface area contributed by atoms with Crippen molar-refractivity contribution in [1.82, 2.24) is 20.1 Å². The molecular formula is C23H26N4O2S. The molecule has 0 aliphatic carbocycles. The predicted molar refractivity (Wildman–Crippen MR) is 119 cm³/mol. The molecule has 156 valence electrons. The van der Waals surface area contributed by atoms with Crippen molar-refractivity contribution >= 4 is 23.5 Å². The summed E-state index contributed by atoms with van der Waals surface area (Å²) < 4.78 is 2.00. The maximum atomic E-state index is 12.6. The summed E-state index contributed by atoms with van der Waals surface area (Å²) in [6, 6.07) is 15.8. The van der Waals surface area contributed by atoms with E-state index in [9.17, 15) is 9.59 Å². The van der Waals surface area contributed by atoms with E-state index in [2.05, 4.69) is 15.5 Å². The molecule has 0 saturated carbocycles. The van der Waals surface area contributed by atoms with Crippen molar-refractivity contribution < 1.29 is 9.59 Å². The van der Waals surface area contributed by atoms with Crippen molar-refractivity contribution in [2.24, 2.45) is 0 Å². The molecule has 1 aromatic heterocycles. The van der Waals surface area contributed by atoms with Crippen LogP contribution < -0.4 is 5.32 Å². The van der Waals surface area contributed by atoms with Crippen LogP contribution >= 0.6 is 11.8 Å². The van der Waals surface area contributed by atoms with Gasteiger partial charge in [0.15, 0.2) is 10.9 Å². The van der Waals surface area contributed by atoms with Crippen LogP contribution in [0.4, 0.5) is 0 Å². The predicted octanol–water partition coefficient (Wildman–Crippen LogP) is 3.93. The van der Waals surface area contributed by atoms with E-state index in [1.54, 1.807) is 0 Å². The Hall–Kier alpha value is -2.93. The number of hydrogen-bond acceptors (Lipinski definition) is 5. The first-order valence-electron chi connectivity index (χ1n) is 9.92. The van der Waals surface area contributed by atoms with Gasteiger partial charge in [0.05, 0.1) is 5.75 Å². The normalized spacial score (nSPS) is 10.8. The molecule has 0 aliphatic rings. The fourth-order valence-electron chi connectivity index (χ4n) is 2.97. The van der Waals surface area contributed by atoms with E-state index >= 15 is 0 Å². The summed E-state index contributed by atoms with van der Waals surface area (Å²) in [5.41, 5.74) is 3.96. The minimum Gasteiger partial charge on any atom is -0.356 e. The van der Waals surface area contributed by atoms with Gasteiger partial charge in [-0.05, 0) is 32.4 Å². The molecule has 2 aromatic carbocycles. The number of carbonyl (C=O) groups excluding carboxylic acids is 2. The first kappa shape index (κ1) is 21.8. The standard InChI is InChI=1S/C23H26N4O2S/c1-16-6-10-19(11-7-16)21(29)15-30-23-26-25-22(5-4-14-24-18(3)28)27(23)20-12-8-17(2)9-13-20/h6-13H,4-5,14-15H2,1-3H3,(H,24,28). The van der Waals surface area contributed by atoms with Crippen LogP contribution in [0.25, 0.3) is 5.69 Å². The Balaban J connectivity index is 1.77. The SMILES string of the molecule is CC(=O)NCCCc1nnc(SCC(=O)c2ccc(C)cc2)n1-c1ccc(C)cc1. The average Bonchev–Trinajstić information content (AvgIpc) is 3.13. The van der Waals surface area contributed by atoms with Gasteiger partial charge in [-0.3, -0.25) is 14.2 Å². The number of aromatic nitrogens is 3. The summed E-state index contributed by atoms with van der Waals surface area (Å²) in [7, 11) is 0. The third-order valence-corrected chi connectivity index (χ3v) is 5.58. The lowest BCUT2D eigenvalue weighted by Gasteiger charge is -2.11. The molecule has 0 spiro atoms. The van der Waals surface area contributed by atoms with E-state index in [1.807, 2.05) is 66.9 Å². The van der Waals surface area contributed by atoms with E-state index in [1.165, 1.54) is 24.2 Å². The van der Waals surface area contributed by atoms with E-state index in [4.69, 9.17) is 0 Å². The lowest BCUT2D eigenvalue weighted by Crippen LogP contribution is -2.21. The summed E-state index contributed by atoms with van der Waals surface area (Å²) in [4.78, 5) is 23.7. The fourth-order valence-corrected chi connectivity index (χ4v) is 3.84. The number of carbonyl (C=O) groups is 2. The molecule has 1 heterocycles. The van der Waals surface area contributed by atoms with Crippen LogP contribution in [0.1, 0.15) is 40.7 Å². The second-order valence-corrected chi connectivity index (χ2v) is 8.18. The van der Waals surface area contributed by atoms with Gasteiger partial charge in [-0.25, -0.2) is 0 Å². The number of rotatable bonds is 9. The molecule has 1 amide bonds. The van der Waals surface area contributed by atoms with Gasteiger partial charge >= 0.3 is 0 Å². The minimum absolute atomic E-state index is 0.0409. The highest BCUT2D eigenvalue weighted by molar-refractivity contribution is 7.99. The Labute approximate surface area is 181 Å². The van der Waals surface area contributed by atoms with Gasteiger partial charge in [0.2, 0.25) is 5.91 Å². The van der Waals surface area contributed by atoms with Crippen LogP contribution in [0.2, 0.25) is 0 Å². The lowest BCUT2D eigenvalue weighted by molar-refractivity contribution is -0.118. The Kier molecular flexibility index (Phi) is 7.41. The number of Topliss-reactive ketones (excluding diaryl/α,β-unsaturated/α-hetero) is 1. The highest BCUT2D eigenvalue weighted by atomic mass is 32.2. The molecule has 1 N–H and O–H groups in total. The van der Waals surface area contributed by atoms with Gasteiger partial charge in [-0.2, -0.15) is 0 Å². The minimum atomic E-state index is -0.0409. The number of hydrogen-bond donors (Lipinski definition) is 1. The summed E-state index contributed by atoms with van der Waals surface area (Å²) in [5, 5.41) is 12.2. The van der Waals surface area contributed by atoms with Gasteiger partial charge in [-0.15, -0.1) is 10.2 Å². The largest absolute Gasteiger partial charge is 0.356 e. The zero-order valence-electron chi connectivity index (χ0n) is 17.5. The van der Waals surface area contributed by atoms with Gasteiger partial charge in [-0.1, -0.05) is 59.3 Å². The summed E-state index contributed by atoms with van der Waals surface area (Å²) in [6.07, 6.45) is 1.43. The average molecular weight is 423 g/mol. The maximum absolute atomic E-state index is 12.6. The quantitative estimate of drug-likeness (QED) is 0.321. The number of nitrogens with zero attached hydrogens (tertiary/aromatic N) is 3. The lowest BCUT2D eigenvalue weighted by atomic mass is 10.1. The zero-order valence-corrected chi connectivity index (χ0v) is 18.3. The number of thioether (sulfide) groups is 1. The molecule has 3 rings (SSSR count). The molecular weight excluding hydrogens is 396 g/mol. The van der Waals surface area contributed by atoms with Crippen LogP contribution in [0.3, 0.4) is 0 Å². The first-order valence-corrected chi connectivity index (χ1v) is 10.9. The highest BCUT2D eigenvalue weighted by Crippen LogP contribution is 2.24. The Bertz CT molecular complexity index is 1010. The Morgan fingerprint density at radius 1 is 0.967 bits per heavy atom. The number of ketones is 1. The van der Waals surface area contributed by atoms with Crippen LogP contribution in [0.5, 0.6) is 0 Å². The summed E-state index contributed by atoms with van der Waals surface area (Å²) in [5.74, 6) is 1.12. The van der Waals surface area contributed by atoms with Crippen LogP contribution in [-0.4, -0.2) is 38.8 Å². The van der Waals surface area contributed by atoms with Crippen LogP contribution in [0.15, 0.2) is 53.7 Å². The van der Waals surface area contributed by atoms with Crippen LogP contribution in [0, 0.1) is 13.8 Å². The van der Waals surface area contributed by atoms with Crippen molar-refractivity contribution in [2.75, 3.05) is 12.3 Å². The van der Waals surface area contributed by atoms with Gasteiger partial charge in [0.1, 0.15) is 5.82 Å². The number of amides is 1. The monoisotopic (exact) mass is 422 g/mol. The second-order valence-electron chi connectivity index (χ2n) is 7.23. The van der Waals surface area contributed by atoms with Gasteiger partial charge in [0, 0.05) is 31.1 Å². The topological polar surface area (TPSA) is 76.9 Å². The third-order valence-electron chi connectivity index (χ3n) is 4.65. The van der Waals surface area contributed by atoms with Gasteiger partial charge < -0.3 is 5.32 Å². The molecule has 0 radical (unpaired) electrons. The molecule has 0 unspecified atom stereocenters. The molecule has 7 heteroatoms. The molecule has 0 bridgehead atoms. The molecule has 0 fully saturated rings. The first-order chi connectivity index (χ1) is 14.4. The Morgan fingerprint density at radius 3 is 2.23 bits per heavy atom. The number of aryl methyl sites for hydroxylation is 3. The Morgan fingerprint density at radius 2 is 1.60 bits per heavy atom. The van der Waals surface area contributed by atoms with Crippen molar-refractivity contribution in [1.29, 1.82) is 0 Å². The second kappa shape index (κ2) is 10.2. The smallest absolute Gasteiger partial charge is 0.216 e. The molecule has 30 heavy (non-hydrogen) atoms. The summed E-state index contributed by atoms with van der Waals surface area (Å²) >= 11 is 1.39. The van der Waals surface area contributed by atoms with Gasteiger partial charge in [0.25, 0.3) is 0 Å². The van der Waals surface area contributed by atoms with E-state index in [-0.39, 0.29) is 11.7 Å². The molecule has 6 nitrogen and oxygen atoms in total. The van der Waals surface area contributed by atoms with E-state index in [0.29, 0.717) is 29.4 Å². The fraction of sp³-hybridized carbons (Fsp3) is 0.304. The molecule has 0 atom stereocenters. The van der Waals surface area contributed by atoms with Crippen molar-refractivity contribution in [2.45, 2.75) is 38.8 Å². The molecule has 3 aromatic rings. The molecule has 0 aliphatic heterocycles. The zero-order chi connectivity index (χ0) is 21.5. The van der Waals surface area contributed by atoms with Crippen LogP contribution in [-0.2, 0) is 11.2 Å². The number of benzene rings is 2. The van der Waals surface area contributed by atoms with E-state index in [0.717, 1.165) is 23.5 Å². The van der Waals surface area contributed by atoms with Crippen molar-refractivity contribution in [3.63, 3.8) is 0 Å². The third kappa shape index (κ3) is 5.79. The maximum Gasteiger partial charge on any atom is 0.216 e.